The van der Waals surface area contributed by atoms with Crippen molar-refractivity contribution < 1.29 is 19.2 Å². The number of carbonyl (C=O) groups excluding carboxylic acids is 4. The van der Waals surface area contributed by atoms with E-state index in [2.05, 4.69) is 12.1 Å². The summed E-state index contributed by atoms with van der Waals surface area (Å²) in [4.78, 5) is 57.9. The zero-order valence-electron chi connectivity index (χ0n) is 25.5. The van der Waals surface area contributed by atoms with E-state index >= 15 is 0 Å². The van der Waals surface area contributed by atoms with Crippen LogP contribution in [0.4, 0.5) is 0 Å². The maximum absolute atomic E-state index is 13.8. The van der Waals surface area contributed by atoms with E-state index in [-0.39, 0.29) is 35.6 Å². The molecule has 0 radical (unpaired) electrons. The predicted molar refractivity (Wildman–Crippen MR) is 177 cm³/mol. The third kappa shape index (κ3) is 3.81. The highest BCUT2D eigenvalue weighted by molar-refractivity contribution is 6.41. The van der Waals surface area contributed by atoms with Crippen LogP contribution in [0.5, 0.6) is 0 Å². The van der Waals surface area contributed by atoms with E-state index in [1.165, 1.54) is 15.4 Å². The van der Waals surface area contributed by atoms with Gasteiger partial charge in [0, 0.05) is 45.6 Å². The molecule has 6 aromatic carbocycles. The van der Waals surface area contributed by atoms with Crippen molar-refractivity contribution in [3.05, 3.63) is 107 Å². The number of benzene rings is 6. The highest BCUT2D eigenvalue weighted by atomic mass is 16.2. The van der Waals surface area contributed by atoms with Crippen LogP contribution in [0.2, 0.25) is 0 Å². The standard InChI is InChI=1S/C39H32N2O4/c1-21(2)22(3)41-38(44)30-18-14-26-24-12-16-28-34-29(37(43)40(36(28)42)20-8-7-11-23-9-5-4-6-10-23)17-13-25(32(24)34)27-15-19-31(39(41)45)35(30)33(26)27/h4-6,9-10,12-19,21-22H,7-8,11,20H2,1-3H3. The molecular formula is C39H32N2O4. The van der Waals surface area contributed by atoms with Gasteiger partial charge in [0.2, 0.25) is 0 Å². The fourth-order valence-corrected chi connectivity index (χ4v) is 7.45. The van der Waals surface area contributed by atoms with Crippen LogP contribution in [0.15, 0.2) is 78.9 Å². The van der Waals surface area contributed by atoms with Crippen LogP contribution in [0, 0.1) is 5.92 Å². The van der Waals surface area contributed by atoms with Crippen molar-refractivity contribution in [1.82, 2.24) is 9.80 Å². The summed E-state index contributed by atoms with van der Waals surface area (Å²) < 4.78 is 0. The minimum Gasteiger partial charge on any atom is -0.274 e. The van der Waals surface area contributed by atoms with E-state index in [1.54, 1.807) is 0 Å². The van der Waals surface area contributed by atoms with Crippen molar-refractivity contribution in [3.8, 4) is 0 Å². The SMILES string of the molecule is CC(C)C(C)N1C(=O)c2ccc3c4ccc5c6c(ccc(c7ccc(c2c37)C1=O)c64)C(=O)N(CCCCc1ccccc1)C5=O. The lowest BCUT2D eigenvalue weighted by molar-refractivity contribution is 0.0511. The van der Waals surface area contributed by atoms with Crippen LogP contribution in [-0.4, -0.2) is 46.0 Å². The van der Waals surface area contributed by atoms with Gasteiger partial charge in [-0.3, -0.25) is 29.0 Å². The highest BCUT2D eigenvalue weighted by Crippen LogP contribution is 2.46. The van der Waals surface area contributed by atoms with Gasteiger partial charge in [-0.15, -0.1) is 0 Å². The summed E-state index contributed by atoms with van der Waals surface area (Å²) in [6.45, 7) is 6.31. The first-order chi connectivity index (χ1) is 21.8. The molecule has 8 rings (SSSR count). The first-order valence-electron chi connectivity index (χ1n) is 15.8. The average Bonchev–Trinajstić information content (AvgIpc) is 3.05. The predicted octanol–water partition coefficient (Wildman–Crippen LogP) is 8.00. The lowest BCUT2D eigenvalue weighted by Crippen LogP contribution is -2.47. The van der Waals surface area contributed by atoms with E-state index in [9.17, 15) is 19.2 Å². The molecule has 6 aromatic rings. The number of aryl methyl sites for hydroxylation is 1. The number of carbonyl (C=O) groups is 4. The van der Waals surface area contributed by atoms with Crippen LogP contribution < -0.4 is 0 Å². The second-order valence-corrected chi connectivity index (χ2v) is 12.8. The molecule has 0 saturated heterocycles. The Kier molecular flexibility index (Phi) is 6.08. The van der Waals surface area contributed by atoms with Crippen molar-refractivity contribution in [2.45, 2.75) is 46.1 Å². The highest BCUT2D eigenvalue weighted by Gasteiger charge is 2.38. The first kappa shape index (κ1) is 27.4. The van der Waals surface area contributed by atoms with Gasteiger partial charge in [-0.2, -0.15) is 0 Å². The number of unbranched alkanes of at least 4 members (excludes halogenated alkanes) is 1. The summed E-state index contributed by atoms with van der Waals surface area (Å²) in [5.74, 6) is -0.943. The number of hydrogen-bond acceptors (Lipinski definition) is 4. The Labute approximate surface area is 260 Å². The number of amides is 4. The number of fused-ring (bicyclic) bond motifs is 2. The maximum atomic E-state index is 13.8. The zero-order chi connectivity index (χ0) is 31.1. The van der Waals surface area contributed by atoms with E-state index in [4.69, 9.17) is 0 Å². The largest absolute Gasteiger partial charge is 0.274 e. The Balaban J connectivity index is 1.25. The molecule has 0 spiro atoms. The molecule has 0 aromatic heterocycles. The van der Waals surface area contributed by atoms with Gasteiger partial charge in [0.25, 0.3) is 23.6 Å². The zero-order valence-corrected chi connectivity index (χ0v) is 25.5. The van der Waals surface area contributed by atoms with Crippen LogP contribution >= 0.6 is 0 Å². The molecule has 6 heteroatoms. The number of rotatable bonds is 7. The second-order valence-electron chi connectivity index (χ2n) is 12.8. The lowest BCUT2D eigenvalue weighted by atomic mass is 9.82. The molecule has 45 heavy (non-hydrogen) atoms. The minimum absolute atomic E-state index is 0.120. The molecule has 0 aliphatic carbocycles. The first-order valence-corrected chi connectivity index (χ1v) is 15.8. The molecule has 0 bridgehead atoms. The molecule has 1 unspecified atom stereocenters. The molecule has 0 N–H and O–H groups in total. The van der Waals surface area contributed by atoms with Crippen molar-refractivity contribution >= 4 is 66.7 Å². The Bertz CT molecular complexity index is 2130. The third-order valence-electron chi connectivity index (χ3n) is 10.1. The van der Waals surface area contributed by atoms with Crippen LogP contribution in [-0.2, 0) is 6.42 Å². The summed E-state index contributed by atoms with van der Waals surface area (Å²) in [7, 11) is 0. The van der Waals surface area contributed by atoms with Crippen molar-refractivity contribution in [3.63, 3.8) is 0 Å². The van der Waals surface area contributed by atoms with Crippen LogP contribution in [0.3, 0.4) is 0 Å². The molecule has 1 atom stereocenters. The van der Waals surface area contributed by atoms with Gasteiger partial charge in [-0.05, 0) is 94.3 Å². The third-order valence-corrected chi connectivity index (χ3v) is 10.1. The quantitative estimate of drug-likeness (QED) is 0.0815. The Morgan fingerprint density at radius 3 is 1.40 bits per heavy atom. The summed E-state index contributed by atoms with van der Waals surface area (Å²) in [5, 5.41) is 6.70. The van der Waals surface area contributed by atoms with Gasteiger partial charge in [0.1, 0.15) is 0 Å². The smallest absolute Gasteiger partial charge is 0.261 e. The molecule has 222 valence electrons. The molecule has 2 aliphatic heterocycles. The van der Waals surface area contributed by atoms with Gasteiger partial charge in [-0.1, -0.05) is 68.4 Å². The molecule has 0 saturated carbocycles. The maximum Gasteiger partial charge on any atom is 0.261 e. The van der Waals surface area contributed by atoms with E-state index in [0.29, 0.717) is 39.6 Å². The Morgan fingerprint density at radius 2 is 0.956 bits per heavy atom. The molecule has 2 heterocycles. The Hall–Kier alpha value is -5.10. The molecule has 0 fully saturated rings. The van der Waals surface area contributed by atoms with Crippen molar-refractivity contribution in [2.24, 2.45) is 5.92 Å². The van der Waals surface area contributed by atoms with Crippen molar-refractivity contribution in [1.29, 1.82) is 0 Å². The summed E-state index contributed by atoms with van der Waals surface area (Å²) >= 11 is 0. The second kappa shape index (κ2) is 9.96. The van der Waals surface area contributed by atoms with Gasteiger partial charge in [-0.25, -0.2) is 0 Å². The van der Waals surface area contributed by atoms with Gasteiger partial charge < -0.3 is 0 Å². The van der Waals surface area contributed by atoms with E-state index in [1.807, 2.05) is 87.5 Å². The van der Waals surface area contributed by atoms with Gasteiger partial charge in [0.05, 0.1) is 0 Å². The average molecular weight is 593 g/mol. The van der Waals surface area contributed by atoms with Crippen molar-refractivity contribution in [2.75, 3.05) is 6.54 Å². The molecule has 4 amide bonds. The Morgan fingerprint density at radius 1 is 0.511 bits per heavy atom. The normalized spacial score (nSPS) is 15.6. The molecule has 6 nitrogen and oxygen atoms in total. The minimum atomic E-state index is -0.270. The fourth-order valence-electron chi connectivity index (χ4n) is 7.45. The summed E-state index contributed by atoms with van der Waals surface area (Å²) in [6.07, 6.45) is 2.51. The van der Waals surface area contributed by atoms with E-state index < -0.39 is 0 Å². The van der Waals surface area contributed by atoms with Crippen LogP contribution in [0.25, 0.3) is 43.1 Å². The van der Waals surface area contributed by atoms with Gasteiger partial charge in [0.15, 0.2) is 0 Å². The number of imide groups is 2. The fraction of sp³-hybridized carbons (Fsp3) is 0.231. The monoisotopic (exact) mass is 592 g/mol. The summed E-state index contributed by atoms with van der Waals surface area (Å²) in [6, 6.07) is 25.1. The summed E-state index contributed by atoms with van der Waals surface area (Å²) in [5.41, 5.74) is 3.37. The van der Waals surface area contributed by atoms with Crippen LogP contribution in [0.1, 0.15) is 80.6 Å². The molecular weight excluding hydrogens is 560 g/mol. The van der Waals surface area contributed by atoms with Gasteiger partial charge >= 0.3 is 0 Å². The topological polar surface area (TPSA) is 74.8 Å². The lowest BCUT2D eigenvalue weighted by Gasteiger charge is -2.34. The molecule has 2 aliphatic rings. The van der Waals surface area contributed by atoms with E-state index in [0.717, 1.165) is 51.6 Å². The number of hydrogen-bond donors (Lipinski definition) is 0. The number of nitrogens with zero attached hydrogens (tertiary/aromatic N) is 2.